The number of nitrogens with one attached hydrogen (secondary N) is 2. The van der Waals surface area contributed by atoms with E-state index >= 15 is 0 Å². The number of hydrogen-bond donors (Lipinski definition) is 2. The van der Waals surface area contributed by atoms with Crippen molar-refractivity contribution in [1.29, 1.82) is 0 Å². The minimum absolute atomic E-state index is 0.727. The van der Waals surface area contributed by atoms with Crippen molar-refractivity contribution >= 4 is 23.2 Å². The minimum atomic E-state index is 0.727. The van der Waals surface area contributed by atoms with Crippen LogP contribution in [0.4, 0.5) is 0 Å². The molecular formula is C13H19Cl2N3. The summed E-state index contributed by atoms with van der Waals surface area (Å²) >= 11 is 12.2. The van der Waals surface area contributed by atoms with E-state index in [4.69, 9.17) is 23.2 Å². The third kappa shape index (κ3) is 4.11. The zero-order valence-electron chi connectivity index (χ0n) is 10.4. The van der Waals surface area contributed by atoms with Gasteiger partial charge in [0.25, 0.3) is 0 Å². The van der Waals surface area contributed by atoms with Gasteiger partial charge in [-0.1, -0.05) is 29.3 Å². The maximum Gasteiger partial charge on any atom is 0.0465 e. The SMILES string of the molecule is Clc1cccc(Cl)c1CNCCN1CCNCC1. The molecule has 1 aromatic carbocycles. The lowest BCUT2D eigenvalue weighted by Crippen LogP contribution is -2.45. The molecule has 3 nitrogen and oxygen atoms in total. The summed E-state index contributed by atoms with van der Waals surface area (Å²) in [6.45, 7) is 7.21. The van der Waals surface area contributed by atoms with Gasteiger partial charge >= 0.3 is 0 Å². The van der Waals surface area contributed by atoms with Gasteiger partial charge in [-0.3, -0.25) is 4.90 Å². The van der Waals surface area contributed by atoms with Crippen LogP contribution in [0.5, 0.6) is 0 Å². The van der Waals surface area contributed by atoms with Crippen molar-refractivity contribution in [1.82, 2.24) is 15.5 Å². The van der Waals surface area contributed by atoms with Gasteiger partial charge in [-0.2, -0.15) is 0 Å². The van der Waals surface area contributed by atoms with Crippen LogP contribution < -0.4 is 10.6 Å². The highest BCUT2D eigenvalue weighted by Crippen LogP contribution is 2.23. The molecule has 5 heteroatoms. The van der Waals surface area contributed by atoms with Gasteiger partial charge in [-0.15, -0.1) is 0 Å². The monoisotopic (exact) mass is 287 g/mol. The van der Waals surface area contributed by atoms with E-state index in [0.717, 1.165) is 61.4 Å². The molecule has 2 N–H and O–H groups in total. The van der Waals surface area contributed by atoms with Crippen molar-refractivity contribution < 1.29 is 0 Å². The van der Waals surface area contributed by atoms with E-state index in [1.54, 1.807) is 0 Å². The van der Waals surface area contributed by atoms with Crippen molar-refractivity contribution in [3.8, 4) is 0 Å². The molecule has 18 heavy (non-hydrogen) atoms. The van der Waals surface area contributed by atoms with Gasteiger partial charge in [0.1, 0.15) is 0 Å². The number of hydrogen-bond acceptors (Lipinski definition) is 3. The highest BCUT2D eigenvalue weighted by atomic mass is 35.5. The highest BCUT2D eigenvalue weighted by molar-refractivity contribution is 6.35. The summed E-state index contributed by atoms with van der Waals surface area (Å²) in [5.41, 5.74) is 0.987. The Morgan fingerprint density at radius 1 is 1.17 bits per heavy atom. The Kier molecular flexibility index (Phi) is 5.73. The predicted octanol–water partition coefficient (Wildman–Crippen LogP) is 1.99. The van der Waals surface area contributed by atoms with Crippen LogP contribution in [-0.4, -0.2) is 44.2 Å². The molecule has 0 saturated carbocycles. The average molecular weight is 288 g/mol. The molecule has 0 radical (unpaired) electrons. The summed E-state index contributed by atoms with van der Waals surface area (Å²) in [6.07, 6.45) is 0. The Hall–Kier alpha value is -0.320. The fourth-order valence-corrected chi connectivity index (χ4v) is 2.62. The second-order valence-corrected chi connectivity index (χ2v) is 5.28. The van der Waals surface area contributed by atoms with Crippen LogP contribution in [0.25, 0.3) is 0 Å². The molecule has 1 heterocycles. The van der Waals surface area contributed by atoms with Gasteiger partial charge in [-0.05, 0) is 12.1 Å². The van der Waals surface area contributed by atoms with E-state index in [9.17, 15) is 0 Å². The Balaban J connectivity index is 1.71. The molecular weight excluding hydrogens is 269 g/mol. The van der Waals surface area contributed by atoms with Crippen molar-refractivity contribution in [3.05, 3.63) is 33.8 Å². The topological polar surface area (TPSA) is 27.3 Å². The fraction of sp³-hybridized carbons (Fsp3) is 0.538. The Morgan fingerprint density at radius 2 is 1.83 bits per heavy atom. The van der Waals surface area contributed by atoms with Crippen LogP contribution in [0.2, 0.25) is 10.0 Å². The average Bonchev–Trinajstić information content (AvgIpc) is 2.38. The molecule has 1 aromatic rings. The smallest absolute Gasteiger partial charge is 0.0465 e. The molecule has 0 bridgehead atoms. The van der Waals surface area contributed by atoms with Crippen molar-refractivity contribution in [2.75, 3.05) is 39.3 Å². The van der Waals surface area contributed by atoms with Gasteiger partial charge in [0, 0.05) is 61.4 Å². The Bertz CT molecular complexity index is 358. The Labute approximate surface area is 118 Å². The van der Waals surface area contributed by atoms with Gasteiger partial charge in [-0.25, -0.2) is 0 Å². The first-order valence-electron chi connectivity index (χ1n) is 6.34. The van der Waals surface area contributed by atoms with Gasteiger partial charge in [0.2, 0.25) is 0 Å². The first kappa shape index (κ1) is 14.1. The summed E-state index contributed by atoms with van der Waals surface area (Å²) in [5.74, 6) is 0. The quantitative estimate of drug-likeness (QED) is 0.811. The number of nitrogens with zero attached hydrogens (tertiary/aromatic N) is 1. The maximum absolute atomic E-state index is 6.11. The number of benzene rings is 1. The van der Waals surface area contributed by atoms with Crippen molar-refractivity contribution in [2.24, 2.45) is 0 Å². The third-order valence-electron chi connectivity index (χ3n) is 3.18. The van der Waals surface area contributed by atoms with E-state index in [1.807, 2.05) is 18.2 Å². The second-order valence-electron chi connectivity index (χ2n) is 4.47. The first-order chi connectivity index (χ1) is 8.77. The van der Waals surface area contributed by atoms with Gasteiger partial charge in [0.15, 0.2) is 0 Å². The van der Waals surface area contributed by atoms with Crippen molar-refractivity contribution in [3.63, 3.8) is 0 Å². The normalized spacial score (nSPS) is 17.0. The second kappa shape index (κ2) is 7.31. The van der Waals surface area contributed by atoms with Crippen LogP contribution in [-0.2, 0) is 6.54 Å². The molecule has 1 aliphatic heterocycles. The van der Waals surface area contributed by atoms with Crippen LogP contribution in [0.3, 0.4) is 0 Å². The zero-order valence-corrected chi connectivity index (χ0v) is 11.9. The molecule has 0 unspecified atom stereocenters. The fourth-order valence-electron chi connectivity index (χ4n) is 2.09. The van der Waals surface area contributed by atoms with E-state index in [1.165, 1.54) is 0 Å². The van der Waals surface area contributed by atoms with E-state index in [-0.39, 0.29) is 0 Å². The lowest BCUT2D eigenvalue weighted by Gasteiger charge is -2.27. The van der Waals surface area contributed by atoms with E-state index in [0.29, 0.717) is 0 Å². The molecule has 0 aromatic heterocycles. The summed E-state index contributed by atoms with van der Waals surface area (Å²) < 4.78 is 0. The molecule has 0 spiro atoms. The largest absolute Gasteiger partial charge is 0.314 e. The molecule has 0 amide bonds. The summed E-state index contributed by atoms with van der Waals surface area (Å²) in [6, 6.07) is 5.62. The molecule has 1 aliphatic rings. The Morgan fingerprint density at radius 3 is 2.50 bits per heavy atom. The summed E-state index contributed by atoms with van der Waals surface area (Å²) in [4.78, 5) is 2.46. The number of rotatable bonds is 5. The molecule has 0 atom stereocenters. The maximum atomic E-state index is 6.11. The number of piperazine rings is 1. The minimum Gasteiger partial charge on any atom is -0.314 e. The van der Waals surface area contributed by atoms with Crippen LogP contribution in [0.15, 0.2) is 18.2 Å². The number of halogens is 2. The van der Waals surface area contributed by atoms with Crippen LogP contribution in [0, 0.1) is 0 Å². The molecule has 0 aliphatic carbocycles. The highest BCUT2D eigenvalue weighted by Gasteiger charge is 2.09. The zero-order chi connectivity index (χ0) is 12.8. The standard InChI is InChI=1S/C13H19Cl2N3/c14-12-2-1-3-13(15)11(12)10-17-6-9-18-7-4-16-5-8-18/h1-3,16-17H,4-10H2. The van der Waals surface area contributed by atoms with Gasteiger partial charge in [0.05, 0.1) is 0 Å². The molecule has 1 saturated heterocycles. The van der Waals surface area contributed by atoms with Crippen LogP contribution >= 0.6 is 23.2 Å². The third-order valence-corrected chi connectivity index (χ3v) is 3.89. The summed E-state index contributed by atoms with van der Waals surface area (Å²) in [7, 11) is 0. The van der Waals surface area contributed by atoms with Crippen molar-refractivity contribution in [2.45, 2.75) is 6.54 Å². The van der Waals surface area contributed by atoms with E-state index < -0.39 is 0 Å². The molecule has 1 fully saturated rings. The van der Waals surface area contributed by atoms with Crippen LogP contribution in [0.1, 0.15) is 5.56 Å². The summed E-state index contributed by atoms with van der Waals surface area (Å²) in [5, 5.41) is 8.22. The molecule has 100 valence electrons. The van der Waals surface area contributed by atoms with E-state index in [2.05, 4.69) is 15.5 Å². The van der Waals surface area contributed by atoms with Gasteiger partial charge < -0.3 is 10.6 Å². The lowest BCUT2D eigenvalue weighted by atomic mass is 10.2. The first-order valence-corrected chi connectivity index (χ1v) is 7.09. The lowest BCUT2D eigenvalue weighted by molar-refractivity contribution is 0.241. The predicted molar refractivity (Wildman–Crippen MR) is 77.5 cm³/mol. The molecule has 2 rings (SSSR count).